The van der Waals surface area contributed by atoms with Crippen LogP contribution in [0.5, 0.6) is 11.6 Å². The largest absolute Gasteiger partial charge is 0.433 e. The molecule has 0 unspecified atom stereocenters. The van der Waals surface area contributed by atoms with Gasteiger partial charge in [-0.3, -0.25) is 20.2 Å². The van der Waals surface area contributed by atoms with Gasteiger partial charge in [-0.05, 0) is 24.6 Å². The summed E-state index contributed by atoms with van der Waals surface area (Å²) in [7, 11) is 0. The number of hydrogen-bond donors (Lipinski definition) is 1. The molecule has 0 saturated heterocycles. The number of nitro groups is 2. The van der Waals surface area contributed by atoms with Crippen LogP contribution in [0.25, 0.3) is 0 Å². The summed E-state index contributed by atoms with van der Waals surface area (Å²) in [5, 5.41) is 21.6. The maximum Gasteiger partial charge on any atom is 0.331 e. The third kappa shape index (κ3) is 3.03. The lowest BCUT2D eigenvalue weighted by molar-refractivity contribution is -0.386. The van der Waals surface area contributed by atoms with Gasteiger partial charge < -0.3 is 10.5 Å². The second-order valence-corrected chi connectivity index (χ2v) is 4.13. The van der Waals surface area contributed by atoms with Crippen molar-refractivity contribution in [3.05, 3.63) is 56.1 Å². The molecule has 0 aliphatic heterocycles. The molecule has 0 atom stereocenters. The molecule has 0 aliphatic rings. The van der Waals surface area contributed by atoms with E-state index in [4.69, 9.17) is 10.5 Å². The number of non-ortho nitro benzene ring substituents is 1. The Kier molecular flexibility index (Phi) is 3.65. The minimum atomic E-state index is -0.650. The smallest absolute Gasteiger partial charge is 0.331 e. The number of aryl methyl sites for hydroxylation is 1. The molecular weight excluding hydrogens is 280 g/mol. The maximum absolute atomic E-state index is 10.9. The van der Waals surface area contributed by atoms with E-state index in [1.165, 1.54) is 30.3 Å². The molecule has 21 heavy (non-hydrogen) atoms. The second kappa shape index (κ2) is 5.41. The predicted octanol–water partition coefficient (Wildman–Crippen LogP) is 2.58. The Morgan fingerprint density at radius 1 is 1.14 bits per heavy atom. The zero-order valence-corrected chi connectivity index (χ0v) is 10.8. The minimum absolute atomic E-state index is 0.0650. The SMILES string of the molecule is Cc1cc([N+](=O)[O-])ccc1Oc1nc(N)ccc1[N+](=O)[O-]. The van der Waals surface area contributed by atoms with Gasteiger partial charge in [-0.2, -0.15) is 4.98 Å². The summed E-state index contributed by atoms with van der Waals surface area (Å²) >= 11 is 0. The van der Waals surface area contributed by atoms with E-state index in [1.54, 1.807) is 6.92 Å². The number of nitrogens with two attached hydrogens (primary N) is 1. The lowest BCUT2D eigenvalue weighted by Gasteiger charge is -2.08. The zero-order chi connectivity index (χ0) is 15.6. The summed E-state index contributed by atoms with van der Waals surface area (Å²) in [5.74, 6) is 0.0221. The minimum Gasteiger partial charge on any atom is -0.433 e. The molecule has 108 valence electrons. The van der Waals surface area contributed by atoms with Crippen LogP contribution < -0.4 is 10.5 Å². The number of aromatic nitrogens is 1. The molecule has 2 N–H and O–H groups in total. The van der Waals surface area contributed by atoms with Crippen molar-refractivity contribution >= 4 is 17.2 Å². The van der Waals surface area contributed by atoms with E-state index in [-0.39, 0.29) is 28.8 Å². The van der Waals surface area contributed by atoms with Crippen LogP contribution in [0, 0.1) is 27.2 Å². The molecule has 0 spiro atoms. The van der Waals surface area contributed by atoms with Crippen LogP contribution in [0.4, 0.5) is 17.2 Å². The molecule has 2 aromatic rings. The zero-order valence-electron chi connectivity index (χ0n) is 10.8. The van der Waals surface area contributed by atoms with Crippen molar-refractivity contribution in [2.45, 2.75) is 6.92 Å². The fraction of sp³-hybridized carbons (Fsp3) is 0.0833. The highest BCUT2D eigenvalue weighted by molar-refractivity contribution is 5.51. The Morgan fingerprint density at radius 2 is 1.86 bits per heavy atom. The predicted molar refractivity (Wildman–Crippen MR) is 73.2 cm³/mol. The fourth-order valence-corrected chi connectivity index (χ4v) is 1.63. The lowest BCUT2D eigenvalue weighted by Crippen LogP contribution is -2.00. The highest BCUT2D eigenvalue weighted by Gasteiger charge is 2.19. The van der Waals surface area contributed by atoms with Crippen LogP contribution in [0.15, 0.2) is 30.3 Å². The van der Waals surface area contributed by atoms with Crippen LogP contribution in [0.1, 0.15) is 5.56 Å². The third-order valence-electron chi connectivity index (χ3n) is 2.63. The molecule has 0 fully saturated rings. The number of ether oxygens (including phenoxy) is 1. The van der Waals surface area contributed by atoms with Gasteiger partial charge in [0.25, 0.3) is 5.69 Å². The topological polar surface area (TPSA) is 134 Å². The van der Waals surface area contributed by atoms with E-state index in [1.807, 2.05) is 0 Å². The van der Waals surface area contributed by atoms with Gasteiger partial charge in [-0.15, -0.1) is 0 Å². The number of nitrogen functional groups attached to an aromatic ring is 1. The van der Waals surface area contributed by atoms with Gasteiger partial charge in [0.05, 0.1) is 9.85 Å². The first-order valence-electron chi connectivity index (χ1n) is 5.72. The van der Waals surface area contributed by atoms with E-state index in [9.17, 15) is 20.2 Å². The number of benzene rings is 1. The molecule has 9 heteroatoms. The summed E-state index contributed by atoms with van der Waals surface area (Å²) in [6.45, 7) is 1.58. The van der Waals surface area contributed by atoms with Crippen molar-refractivity contribution in [2.24, 2.45) is 0 Å². The average molecular weight is 290 g/mol. The summed E-state index contributed by atoms with van der Waals surface area (Å²) in [6, 6.07) is 6.35. The van der Waals surface area contributed by atoms with Crippen molar-refractivity contribution in [1.82, 2.24) is 4.98 Å². The summed E-state index contributed by atoms with van der Waals surface area (Å²) < 4.78 is 5.36. The standard InChI is InChI=1S/C12H10N4O5/c1-7-6-8(15(17)18)2-4-10(7)21-12-9(16(19)20)3-5-11(13)14-12/h2-6H,1H3,(H2,13,14). The Balaban J connectivity index is 2.40. The Labute approximate surface area is 118 Å². The Bertz CT molecular complexity index is 732. The van der Waals surface area contributed by atoms with Crippen molar-refractivity contribution in [2.75, 3.05) is 5.73 Å². The van der Waals surface area contributed by atoms with Crippen LogP contribution in [0.2, 0.25) is 0 Å². The molecule has 0 amide bonds. The molecule has 0 bridgehead atoms. The molecule has 0 radical (unpaired) electrons. The molecular formula is C12H10N4O5. The maximum atomic E-state index is 10.9. The van der Waals surface area contributed by atoms with E-state index in [2.05, 4.69) is 4.98 Å². The number of pyridine rings is 1. The number of nitro benzene ring substituents is 1. The van der Waals surface area contributed by atoms with Crippen molar-refractivity contribution in [1.29, 1.82) is 0 Å². The lowest BCUT2D eigenvalue weighted by atomic mass is 10.2. The van der Waals surface area contributed by atoms with Crippen LogP contribution >= 0.6 is 0 Å². The fourth-order valence-electron chi connectivity index (χ4n) is 1.63. The summed E-state index contributed by atoms with van der Waals surface area (Å²) in [5.41, 5.74) is 5.48. The van der Waals surface area contributed by atoms with Crippen molar-refractivity contribution in [3.8, 4) is 11.6 Å². The van der Waals surface area contributed by atoms with E-state index >= 15 is 0 Å². The van der Waals surface area contributed by atoms with Crippen LogP contribution in [0.3, 0.4) is 0 Å². The van der Waals surface area contributed by atoms with Crippen LogP contribution in [-0.2, 0) is 0 Å². The first-order valence-corrected chi connectivity index (χ1v) is 5.72. The van der Waals surface area contributed by atoms with Gasteiger partial charge in [-0.1, -0.05) is 0 Å². The van der Waals surface area contributed by atoms with E-state index in [0.717, 1.165) is 0 Å². The number of anilines is 1. The number of nitrogens with zero attached hydrogens (tertiary/aromatic N) is 3. The quantitative estimate of drug-likeness (QED) is 0.675. The first kappa shape index (κ1) is 14.2. The second-order valence-electron chi connectivity index (χ2n) is 4.13. The normalized spacial score (nSPS) is 10.1. The summed E-state index contributed by atoms with van der Waals surface area (Å²) in [6.07, 6.45) is 0. The molecule has 1 heterocycles. The first-order chi connectivity index (χ1) is 9.88. The molecule has 9 nitrogen and oxygen atoms in total. The highest BCUT2D eigenvalue weighted by Crippen LogP contribution is 2.32. The molecule has 0 aliphatic carbocycles. The van der Waals surface area contributed by atoms with Gasteiger partial charge in [0.15, 0.2) is 0 Å². The molecule has 1 aromatic carbocycles. The van der Waals surface area contributed by atoms with Crippen LogP contribution in [-0.4, -0.2) is 14.8 Å². The van der Waals surface area contributed by atoms with Gasteiger partial charge >= 0.3 is 11.6 Å². The van der Waals surface area contributed by atoms with Gasteiger partial charge in [0.2, 0.25) is 0 Å². The third-order valence-corrected chi connectivity index (χ3v) is 2.63. The molecule has 1 aromatic heterocycles. The Morgan fingerprint density at radius 3 is 2.43 bits per heavy atom. The van der Waals surface area contributed by atoms with Gasteiger partial charge in [-0.25, -0.2) is 0 Å². The average Bonchev–Trinajstić information content (AvgIpc) is 2.40. The molecule has 2 rings (SSSR count). The van der Waals surface area contributed by atoms with E-state index in [0.29, 0.717) is 5.56 Å². The highest BCUT2D eigenvalue weighted by atomic mass is 16.6. The Hall–Kier alpha value is -3.23. The van der Waals surface area contributed by atoms with Gasteiger partial charge in [0.1, 0.15) is 11.6 Å². The number of rotatable bonds is 4. The molecule has 0 saturated carbocycles. The number of hydrogen-bond acceptors (Lipinski definition) is 7. The van der Waals surface area contributed by atoms with E-state index < -0.39 is 9.85 Å². The summed E-state index contributed by atoms with van der Waals surface area (Å²) in [4.78, 5) is 24.1. The van der Waals surface area contributed by atoms with Crippen molar-refractivity contribution in [3.63, 3.8) is 0 Å². The van der Waals surface area contributed by atoms with Gasteiger partial charge in [0, 0.05) is 18.2 Å². The monoisotopic (exact) mass is 290 g/mol. The van der Waals surface area contributed by atoms with Crippen molar-refractivity contribution < 1.29 is 14.6 Å².